The molecule has 1 amide bonds. The Hall–Kier alpha value is -3.55. The molecule has 3 aromatic heterocycles. The third kappa shape index (κ3) is 2.71. The first-order valence-corrected chi connectivity index (χ1v) is 7.96. The smallest absolute Gasteiger partial charge is 0.259 e. The summed E-state index contributed by atoms with van der Waals surface area (Å²) in [5.41, 5.74) is 2.47. The number of aromatic nitrogens is 5. The van der Waals surface area contributed by atoms with Crippen molar-refractivity contribution in [2.45, 2.75) is 13.8 Å². The van der Waals surface area contributed by atoms with Crippen LogP contribution in [-0.2, 0) is 0 Å². The van der Waals surface area contributed by atoms with Crippen LogP contribution in [-0.4, -0.2) is 30.7 Å². The molecule has 0 saturated carbocycles. The second kappa shape index (κ2) is 6.07. The summed E-state index contributed by atoms with van der Waals surface area (Å²) >= 11 is 0. The molecule has 0 spiro atoms. The Kier molecular flexibility index (Phi) is 3.72. The summed E-state index contributed by atoms with van der Waals surface area (Å²) in [5.74, 6) is 0.136. The van der Waals surface area contributed by atoms with E-state index in [1.165, 1.54) is 12.3 Å². The normalized spacial score (nSPS) is 11.0. The molecule has 8 heteroatoms. The van der Waals surface area contributed by atoms with E-state index in [9.17, 15) is 9.18 Å². The Labute approximate surface area is 147 Å². The Morgan fingerprint density at radius 2 is 2.08 bits per heavy atom. The van der Waals surface area contributed by atoms with Gasteiger partial charge in [-0.05, 0) is 43.7 Å². The number of anilines is 1. The first kappa shape index (κ1) is 15.9. The highest BCUT2D eigenvalue weighted by atomic mass is 19.1. The van der Waals surface area contributed by atoms with E-state index in [0.29, 0.717) is 34.0 Å². The van der Waals surface area contributed by atoms with Crippen molar-refractivity contribution >= 4 is 17.1 Å². The van der Waals surface area contributed by atoms with Crippen molar-refractivity contribution in [1.29, 1.82) is 0 Å². The van der Waals surface area contributed by atoms with Gasteiger partial charge in [0.15, 0.2) is 5.82 Å². The van der Waals surface area contributed by atoms with E-state index in [0.717, 1.165) is 0 Å². The Bertz CT molecular complexity index is 1130. The van der Waals surface area contributed by atoms with E-state index in [1.807, 2.05) is 18.2 Å². The van der Waals surface area contributed by atoms with Crippen LogP contribution in [0.15, 0.2) is 42.7 Å². The van der Waals surface area contributed by atoms with Gasteiger partial charge in [0.05, 0.1) is 22.8 Å². The molecule has 0 bridgehead atoms. The summed E-state index contributed by atoms with van der Waals surface area (Å²) in [6.07, 6.45) is 3.27. The highest BCUT2D eigenvalue weighted by Crippen LogP contribution is 2.27. The largest absolute Gasteiger partial charge is 0.325 e. The van der Waals surface area contributed by atoms with Crippen LogP contribution in [0.3, 0.4) is 0 Å². The van der Waals surface area contributed by atoms with Crippen molar-refractivity contribution in [3.05, 3.63) is 65.5 Å². The molecule has 0 unspecified atom stereocenters. The van der Waals surface area contributed by atoms with Gasteiger partial charge in [-0.2, -0.15) is 5.10 Å². The molecule has 0 aliphatic heterocycles. The number of aromatic amines is 1. The molecule has 7 nitrogen and oxygen atoms in total. The number of nitrogens with one attached hydrogen (secondary N) is 2. The Morgan fingerprint density at radius 3 is 2.85 bits per heavy atom. The molecule has 1 aromatic carbocycles. The van der Waals surface area contributed by atoms with Gasteiger partial charge in [0.2, 0.25) is 0 Å². The zero-order chi connectivity index (χ0) is 18.3. The van der Waals surface area contributed by atoms with Gasteiger partial charge in [-0.25, -0.2) is 8.91 Å². The average Bonchev–Trinajstić information content (AvgIpc) is 3.23. The summed E-state index contributed by atoms with van der Waals surface area (Å²) < 4.78 is 16.0. The lowest BCUT2D eigenvalue weighted by Crippen LogP contribution is -2.13. The predicted molar refractivity (Wildman–Crippen MR) is 94.4 cm³/mol. The minimum Gasteiger partial charge on any atom is -0.325 e. The molecule has 0 saturated heterocycles. The second-order valence-electron chi connectivity index (χ2n) is 5.95. The number of carbonyl (C=O) groups excluding carboxylic acids is 1. The summed E-state index contributed by atoms with van der Waals surface area (Å²) in [6, 6.07) is 8.38. The molecule has 0 atom stereocenters. The first-order chi connectivity index (χ1) is 12.5. The molecular formula is C18H15FN6O. The molecule has 0 radical (unpaired) electrons. The molecule has 0 aliphatic carbocycles. The predicted octanol–water partition coefficient (Wildman–Crippen LogP) is 3.13. The van der Waals surface area contributed by atoms with Crippen LogP contribution < -0.4 is 5.32 Å². The molecule has 4 aromatic rings. The number of amides is 1. The highest BCUT2D eigenvalue weighted by Gasteiger charge is 2.17. The van der Waals surface area contributed by atoms with Gasteiger partial charge in [0.25, 0.3) is 5.91 Å². The minimum atomic E-state index is -0.437. The van der Waals surface area contributed by atoms with Crippen molar-refractivity contribution in [2.75, 3.05) is 5.32 Å². The van der Waals surface area contributed by atoms with Gasteiger partial charge >= 0.3 is 0 Å². The third-order valence-corrected chi connectivity index (χ3v) is 4.09. The number of hydrogen-bond acceptors (Lipinski definition) is 4. The van der Waals surface area contributed by atoms with Crippen molar-refractivity contribution in [3.63, 3.8) is 0 Å². The molecule has 0 fully saturated rings. The van der Waals surface area contributed by atoms with E-state index < -0.39 is 5.82 Å². The molecule has 3 heterocycles. The average molecular weight is 350 g/mol. The van der Waals surface area contributed by atoms with Crippen LogP contribution in [0.5, 0.6) is 0 Å². The van der Waals surface area contributed by atoms with Gasteiger partial charge in [0, 0.05) is 11.9 Å². The SMILES string of the molecule is Cc1nnc(-c2cc(NC(=O)c3cnn4ccccc34)c(C)cc2F)[nH]1. The van der Waals surface area contributed by atoms with Crippen LogP contribution in [0, 0.1) is 19.7 Å². The lowest BCUT2D eigenvalue weighted by Gasteiger charge is -2.10. The van der Waals surface area contributed by atoms with Crippen LogP contribution in [0.1, 0.15) is 21.7 Å². The number of fused-ring (bicyclic) bond motifs is 1. The fourth-order valence-electron chi connectivity index (χ4n) is 2.76. The number of carbonyl (C=O) groups is 1. The van der Waals surface area contributed by atoms with Crippen LogP contribution in [0.4, 0.5) is 10.1 Å². The molecule has 0 aliphatic rings. The van der Waals surface area contributed by atoms with Gasteiger partial charge in [-0.15, -0.1) is 10.2 Å². The van der Waals surface area contributed by atoms with Crippen LogP contribution in [0.2, 0.25) is 0 Å². The highest BCUT2D eigenvalue weighted by molar-refractivity contribution is 6.09. The van der Waals surface area contributed by atoms with Gasteiger partial charge in [-0.1, -0.05) is 6.07 Å². The zero-order valence-corrected chi connectivity index (χ0v) is 14.1. The Morgan fingerprint density at radius 1 is 1.23 bits per heavy atom. The molecule has 26 heavy (non-hydrogen) atoms. The fourth-order valence-corrected chi connectivity index (χ4v) is 2.76. The number of rotatable bonds is 3. The lowest BCUT2D eigenvalue weighted by atomic mass is 10.1. The minimum absolute atomic E-state index is 0.242. The third-order valence-electron chi connectivity index (χ3n) is 4.09. The second-order valence-corrected chi connectivity index (χ2v) is 5.95. The first-order valence-electron chi connectivity index (χ1n) is 7.96. The molecule has 130 valence electrons. The van der Waals surface area contributed by atoms with Gasteiger partial charge in [0.1, 0.15) is 11.6 Å². The van der Waals surface area contributed by atoms with Crippen molar-refractivity contribution in [2.24, 2.45) is 0 Å². The molecule has 4 rings (SSSR count). The number of hydrogen-bond donors (Lipinski definition) is 2. The maximum atomic E-state index is 14.3. The number of H-pyrrole nitrogens is 1. The zero-order valence-electron chi connectivity index (χ0n) is 14.1. The van der Waals surface area contributed by atoms with Gasteiger partial charge in [-0.3, -0.25) is 4.79 Å². The molecular weight excluding hydrogens is 335 g/mol. The number of pyridine rings is 1. The Balaban J connectivity index is 1.70. The summed E-state index contributed by atoms with van der Waals surface area (Å²) in [5, 5.41) is 14.8. The van der Waals surface area contributed by atoms with Crippen molar-refractivity contribution in [3.8, 4) is 11.4 Å². The standard InChI is InChI=1S/C18H15FN6O/c1-10-7-14(19)12(17-21-11(2)23-24-17)8-15(10)22-18(26)13-9-20-25-6-4-3-5-16(13)25/h3-9H,1-2H3,(H,22,26)(H,21,23,24). The lowest BCUT2D eigenvalue weighted by molar-refractivity contribution is 0.102. The van der Waals surface area contributed by atoms with E-state index in [-0.39, 0.29) is 11.5 Å². The van der Waals surface area contributed by atoms with Crippen LogP contribution >= 0.6 is 0 Å². The maximum absolute atomic E-state index is 14.3. The van der Waals surface area contributed by atoms with E-state index in [4.69, 9.17) is 0 Å². The van der Waals surface area contributed by atoms with Crippen LogP contribution in [0.25, 0.3) is 16.9 Å². The van der Waals surface area contributed by atoms with E-state index in [2.05, 4.69) is 25.6 Å². The maximum Gasteiger partial charge on any atom is 0.259 e. The number of aryl methyl sites for hydroxylation is 2. The van der Waals surface area contributed by atoms with E-state index >= 15 is 0 Å². The summed E-state index contributed by atoms with van der Waals surface area (Å²) in [6.45, 7) is 3.46. The van der Waals surface area contributed by atoms with E-state index in [1.54, 1.807) is 30.6 Å². The summed E-state index contributed by atoms with van der Waals surface area (Å²) in [7, 11) is 0. The fraction of sp³-hybridized carbons (Fsp3) is 0.111. The number of benzene rings is 1. The molecule has 2 N–H and O–H groups in total. The van der Waals surface area contributed by atoms with Gasteiger partial charge < -0.3 is 10.3 Å². The quantitative estimate of drug-likeness (QED) is 0.594. The van der Waals surface area contributed by atoms with Crippen molar-refractivity contribution in [1.82, 2.24) is 24.8 Å². The monoisotopic (exact) mass is 350 g/mol. The topological polar surface area (TPSA) is 88.0 Å². The summed E-state index contributed by atoms with van der Waals surface area (Å²) in [4.78, 5) is 15.6. The number of nitrogens with zero attached hydrogens (tertiary/aromatic N) is 4. The van der Waals surface area contributed by atoms with Crippen molar-refractivity contribution < 1.29 is 9.18 Å². The number of halogens is 1.